The molecule has 0 atom stereocenters. The number of hydrogen-bond donors (Lipinski definition) is 3. The zero-order chi connectivity index (χ0) is 12.7. The van der Waals surface area contributed by atoms with Crippen molar-refractivity contribution in [1.82, 2.24) is 0 Å². The maximum absolute atomic E-state index is 10.3. The zero-order valence-corrected chi connectivity index (χ0v) is 8.95. The van der Waals surface area contributed by atoms with Gasteiger partial charge in [0.1, 0.15) is 0 Å². The van der Waals surface area contributed by atoms with Crippen LogP contribution in [0.5, 0.6) is 0 Å². The van der Waals surface area contributed by atoms with Crippen molar-refractivity contribution >= 4 is 24.2 Å². The zero-order valence-electron chi connectivity index (χ0n) is 8.95. The lowest BCUT2D eigenvalue weighted by molar-refractivity contribution is -0.131. The first-order chi connectivity index (χ1) is 8.08. The average Bonchev–Trinajstić information content (AvgIpc) is 2.27. The lowest BCUT2D eigenvalue weighted by Crippen LogP contribution is -2.21. The standard InChI is InChI=1S/C11H12N4O2/c12-11(13)15-14-7-9-3-1-8(2-4-9)5-6-10(16)17/h1-7H,(H,16,17)(H4,12,13,15)/b6-5+,14-7?. The fourth-order valence-corrected chi connectivity index (χ4v) is 1.02. The van der Waals surface area contributed by atoms with E-state index in [2.05, 4.69) is 10.2 Å². The topological polar surface area (TPSA) is 114 Å². The minimum atomic E-state index is -0.983. The van der Waals surface area contributed by atoms with Crippen molar-refractivity contribution < 1.29 is 9.90 Å². The predicted octanol–water partition coefficient (Wildman–Crippen LogP) is 0.392. The molecule has 1 rings (SSSR count). The Morgan fingerprint density at radius 2 is 1.76 bits per heavy atom. The van der Waals surface area contributed by atoms with Crippen molar-refractivity contribution in [3.63, 3.8) is 0 Å². The normalized spacial score (nSPS) is 10.8. The highest BCUT2D eigenvalue weighted by Crippen LogP contribution is 2.04. The number of nitrogens with zero attached hydrogens (tertiary/aromatic N) is 2. The molecule has 0 bridgehead atoms. The van der Waals surface area contributed by atoms with Crippen LogP contribution in [0.25, 0.3) is 6.08 Å². The minimum Gasteiger partial charge on any atom is -0.478 e. The maximum Gasteiger partial charge on any atom is 0.328 e. The molecule has 0 saturated heterocycles. The summed E-state index contributed by atoms with van der Waals surface area (Å²) in [4.78, 5) is 10.3. The van der Waals surface area contributed by atoms with Gasteiger partial charge < -0.3 is 16.6 Å². The van der Waals surface area contributed by atoms with E-state index in [0.29, 0.717) is 0 Å². The first-order valence-electron chi connectivity index (χ1n) is 4.71. The summed E-state index contributed by atoms with van der Waals surface area (Å²) in [6.45, 7) is 0. The van der Waals surface area contributed by atoms with Crippen LogP contribution in [0.15, 0.2) is 40.5 Å². The summed E-state index contributed by atoms with van der Waals surface area (Å²) < 4.78 is 0. The number of hydrogen-bond acceptors (Lipinski definition) is 3. The van der Waals surface area contributed by atoms with Crippen molar-refractivity contribution in [1.29, 1.82) is 0 Å². The second-order valence-corrected chi connectivity index (χ2v) is 3.11. The van der Waals surface area contributed by atoms with Crippen LogP contribution in [0.2, 0.25) is 0 Å². The predicted molar refractivity (Wildman–Crippen MR) is 66.5 cm³/mol. The number of nitrogens with two attached hydrogens (primary N) is 2. The van der Waals surface area contributed by atoms with E-state index >= 15 is 0 Å². The average molecular weight is 232 g/mol. The van der Waals surface area contributed by atoms with Gasteiger partial charge in [-0.3, -0.25) is 0 Å². The van der Waals surface area contributed by atoms with Crippen LogP contribution in [0, 0.1) is 0 Å². The van der Waals surface area contributed by atoms with Gasteiger partial charge in [0.05, 0.1) is 6.21 Å². The molecule has 88 valence electrons. The molecule has 1 aromatic rings. The monoisotopic (exact) mass is 232 g/mol. The number of carbonyl (C=O) groups is 1. The summed E-state index contributed by atoms with van der Waals surface area (Å²) in [5, 5.41) is 15.5. The van der Waals surface area contributed by atoms with E-state index in [1.165, 1.54) is 12.3 Å². The van der Waals surface area contributed by atoms with Gasteiger partial charge in [-0.15, -0.1) is 5.10 Å². The van der Waals surface area contributed by atoms with E-state index in [9.17, 15) is 4.79 Å². The molecule has 0 unspecified atom stereocenters. The van der Waals surface area contributed by atoms with Crippen LogP contribution in [0.4, 0.5) is 0 Å². The van der Waals surface area contributed by atoms with Crippen LogP contribution < -0.4 is 11.5 Å². The minimum absolute atomic E-state index is 0.109. The molecule has 0 amide bonds. The third-order valence-corrected chi connectivity index (χ3v) is 1.73. The fourth-order valence-electron chi connectivity index (χ4n) is 1.02. The van der Waals surface area contributed by atoms with E-state index < -0.39 is 5.97 Å². The van der Waals surface area contributed by atoms with Gasteiger partial charge in [-0.25, -0.2) is 4.79 Å². The molecule has 5 N–H and O–H groups in total. The van der Waals surface area contributed by atoms with Gasteiger partial charge >= 0.3 is 5.97 Å². The first kappa shape index (κ1) is 12.4. The molecule has 0 aliphatic carbocycles. The summed E-state index contributed by atoms with van der Waals surface area (Å²) in [7, 11) is 0. The highest BCUT2D eigenvalue weighted by molar-refractivity contribution is 5.86. The Kier molecular flexibility index (Phi) is 4.44. The molecular weight excluding hydrogens is 220 g/mol. The summed E-state index contributed by atoms with van der Waals surface area (Å²) in [6.07, 6.45) is 4.06. The van der Waals surface area contributed by atoms with E-state index in [0.717, 1.165) is 17.2 Å². The van der Waals surface area contributed by atoms with Crippen molar-refractivity contribution in [2.24, 2.45) is 21.7 Å². The summed E-state index contributed by atoms with van der Waals surface area (Å²) in [6, 6.07) is 7.06. The van der Waals surface area contributed by atoms with Crippen molar-refractivity contribution in [3.05, 3.63) is 41.5 Å². The van der Waals surface area contributed by atoms with Gasteiger partial charge in [-0.2, -0.15) is 5.10 Å². The first-order valence-corrected chi connectivity index (χ1v) is 4.71. The molecule has 0 aromatic heterocycles. The lowest BCUT2D eigenvalue weighted by Gasteiger charge is -1.94. The second kappa shape index (κ2) is 6.06. The van der Waals surface area contributed by atoms with E-state index in [1.54, 1.807) is 24.3 Å². The summed E-state index contributed by atoms with van der Waals surface area (Å²) in [5.74, 6) is -1.09. The molecule has 0 radical (unpaired) electrons. The summed E-state index contributed by atoms with van der Waals surface area (Å²) >= 11 is 0. The molecule has 17 heavy (non-hydrogen) atoms. The highest BCUT2D eigenvalue weighted by atomic mass is 16.4. The number of carboxylic acid groups (broad SMARTS) is 1. The number of benzene rings is 1. The van der Waals surface area contributed by atoms with Crippen LogP contribution in [-0.4, -0.2) is 23.2 Å². The molecule has 0 fully saturated rings. The van der Waals surface area contributed by atoms with E-state index in [1.807, 2.05) is 0 Å². The molecule has 0 aliphatic heterocycles. The largest absolute Gasteiger partial charge is 0.478 e. The number of guanidine groups is 1. The van der Waals surface area contributed by atoms with Crippen LogP contribution in [0.3, 0.4) is 0 Å². The Bertz CT molecular complexity index is 471. The molecule has 0 aliphatic rings. The SMILES string of the molecule is NC(N)=NN=Cc1ccc(/C=C/C(=O)O)cc1. The van der Waals surface area contributed by atoms with Crippen LogP contribution in [-0.2, 0) is 4.79 Å². The Morgan fingerprint density at radius 1 is 1.18 bits per heavy atom. The molecule has 1 aromatic carbocycles. The van der Waals surface area contributed by atoms with Crippen LogP contribution in [0.1, 0.15) is 11.1 Å². The van der Waals surface area contributed by atoms with Crippen molar-refractivity contribution in [3.8, 4) is 0 Å². The van der Waals surface area contributed by atoms with Gasteiger partial charge in [-0.1, -0.05) is 24.3 Å². The van der Waals surface area contributed by atoms with Gasteiger partial charge in [0.25, 0.3) is 0 Å². The Balaban J connectivity index is 2.71. The molecule has 6 heteroatoms. The molecule has 0 heterocycles. The van der Waals surface area contributed by atoms with Crippen molar-refractivity contribution in [2.75, 3.05) is 0 Å². The van der Waals surface area contributed by atoms with E-state index in [4.69, 9.17) is 16.6 Å². The molecule has 0 saturated carbocycles. The lowest BCUT2D eigenvalue weighted by atomic mass is 10.1. The van der Waals surface area contributed by atoms with Gasteiger partial charge in [0.15, 0.2) is 0 Å². The Hall–Kier alpha value is -2.63. The Labute approximate surface area is 98.0 Å². The van der Waals surface area contributed by atoms with Crippen molar-refractivity contribution in [2.45, 2.75) is 0 Å². The highest BCUT2D eigenvalue weighted by Gasteiger charge is 1.90. The van der Waals surface area contributed by atoms with Gasteiger partial charge in [-0.05, 0) is 17.2 Å². The summed E-state index contributed by atoms with van der Waals surface area (Å²) in [5.41, 5.74) is 11.8. The third-order valence-electron chi connectivity index (χ3n) is 1.73. The number of carboxylic acids is 1. The van der Waals surface area contributed by atoms with E-state index in [-0.39, 0.29) is 5.96 Å². The Morgan fingerprint density at radius 3 is 2.29 bits per heavy atom. The molecular formula is C11H12N4O2. The quantitative estimate of drug-likeness (QED) is 0.301. The fraction of sp³-hybridized carbons (Fsp3) is 0. The second-order valence-electron chi connectivity index (χ2n) is 3.11. The molecule has 0 spiro atoms. The van der Waals surface area contributed by atoms with Crippen LogP contribution >= 0.6 is 0 Å². The smallest absolute Gasteiger partial charge is 0.328 e. The number of rotatable bonds is 4. The molecule has 6 nitrogen and oxygen atoms in total. The third kappa shape index (κ3) is 5.12. The van der Waals surface area contributed by atoms with Gasteiger partial charge in [0, 0.05) is 6.08 Å². The van der Waals surface area contributed by atoms with Gasteiger partial charge in [0.2, 0.25) is 5.96 Å². The number of aliphatic carboxylic acids is 1. The maximum atomic E-state index is 10.3.